The van der Waals surface area contributed by atoms with E-state index in [2.05, 4.69) is 31.5 Å². The molecule has 2 heteroatoms. The molecule has 0 aliphatic rings. The van der Waals surface area contributed by atoms with Crippen LogP contribution in [0.5, 0.6) is 0 Å². The molecule has 80 valence electrons. The fourth-order valence-electron chi connectivity index (χ4n) is 1.18. The van der Waals surface area contributed by atoms with E-state index in [4.69, 9.17) is 5.73 Å². The van der Waals surface area contributed by atoms with Crippen LogP contribution in [0.1, 0.15) is 5.56 Å². The van der Waals surface area contributed by atoms with E-state index < -0.39 is 8.07 Å². The van der Waals surface area contributed by atoms with Crippen molar-refractivity contribution in [1.29, 1.82) is 0 Å². The summed E-state index contributed by atoms with van der Waals surface area (Å²) in [6.07, 6.45) is 0.775. The van der Waals surface area contributed by atoms with Crippen LogP contribution in [0.25, 0.3) is 0 Å². The minimum absolute atomic E-state index is 0.775. The monoisotopic (exact) mass is 217 g/mol. The number of hydrogen-bond donors (Lipinski definition) is 1. The fraction of sp³-hybridized carbons (Fsp3) is 0.385. The smallest absolute Gasteiger partial charge is 0.0573 e. The molecule has 0 amide bonds. The first-order valence-electron chi connectivity index (χ1n) is 5.28. The van der Waals surface area contributed by atoms with Gasteiger partial charge < -0.3 is 5.73 Å². The van der Waals surface area contributed by atoms with Gasteiger partial charge in [0.05, 0.1) is 8.07 Å². The highest BCUT2D eigenvalue weighted by Gasteiger charge is 2.09. The van der Waals surface area contributed by atoms with Crippen molar-refractivity contribution in [3.63, 3.8) is 0 Å². The van der Waals surface area contributed by atoms with Crippen LogP contribution in [0.4, 0.5) is 5.69 Å². The number of nitrogen functional groups attached to an aromatic ring is 1. The molecule has 1 aromatic rings. The van der Waals surface area contributed by atoms with Crippen molar-refractivity contribution < 1.29 is 0 Å². The second kappa shape index (κ2) is 5.04. The van der Waals surface area contributed by atoms with Crippen molar-refractivity contribution in [1.82, 2.24) is 0 Å². The topological polar surface area (TPSA) is 26.0 Å². The number of nitrogens with two attached hydrogens (primary N) is 1. The molecule has 0 atom stereocenters. The Hall–Kier alpha value is -1.20. The van der Waals surface area contributed by atoms with Crippen LogP contribution >= 0.6 is 0 Å². The first-order chi connectivity index (χ1) is 6.99. The zero-order valence-electron chi connectivity index (χ0n) is 9.80. The van der Waals surface area contributed by atoms with Crippen LogP contribution in [0.3, 0.4) is 0 Å². The van der Waals surface area contributed by atoms with Gasteiger partial charge in [-0.2, -0.15) is 0 Å². The average molecular weight is 217 g/mol. The second-order valence-corrected chi connectivity index (χ2v) is 10.4. The first-order valence-corrected chi connectivity index (χ1v) is 8.99. The molecule has 0 fully saturated rings. The highest BCUT2D eigenvalue weighted by molar-refractivity contribution is 6.76. The van der Waals surface area contributed by atoms with Crippen molar-refractivity contribution in [2.75, 3.05) is 5.73 Å². The average Bonchev–Trinajstić information content (AvgIpc) is 2.13. The number of benzene rings is 1. The zero-order valence-corrected chi connectivity index (χ0v) is 10.8. The third-order valence-electron chi connectivity index (χ3n) is 2.08. The van der Waals surface area contributed by atoms with Crippen LogP contribution in [-0.2, 0) is 6.42 Å². The van der Waals surface area contributed by atoms with Gasteiger partial charge in [0.1, 0.15) is 0 Å². The third-order valence-corrected chi connectivity index (χ3v) is 3.32. The van der Waals surface area contributed by atoms with E-state index in [1.54, 1.807) is 0 Å². The van der Waals surface area contributed by atoms with Crippen LogP contribution < -0.4 is 5.73 Å². The van der Waals surface area contributed by atoms with E-state index in [0.29, 0.717) is 0 Å². The molecule has 15 heavy (non-hydrogen) atoms. The van der Waals surface area contributed by atoms with Crippen LogP contribution in [0.15, 0.2) is 24.3 Å². The molecule has 0 aromatic heterocycles. The van der Waals surface area contributed by atoms with Crippen molar-refractivity contribution >= 4 is 13.8 Å². The number of rotatable bonds is 2. The molecule has 0 spiro atoms. The van der Waals surface area contributed by atoms with Gasteiger partial charge in [-0.25, -0.2) is 0 Å². The molecule has 1 aromatic carbocycles. The first kappa shape index (κ1) is 11.9. The summed E-state index contributed by atoms with van der Waals surface area (Å²) in [5.41, 5.74) is 7.82. The SMILES string of the molecule is C[Si](C)(C)CC#CCc1ccccc1N. The van der Waals surface area contributed by atoms with Gasteiger partial charge in [0, 0.05) is 18.2 Å². The molecule has 0 aliphatic carbocycles. The molecule has 0 radical (unpaired) electrons. The molecule has 0 unspecified atom stereocenters. The van der Waals surface area contributed by atoms with E-state index in [1.807, 2.05) is 24.3 Å². The van der Waals surface area contributed by atoms with Crippen molar-refractivity contribution in [3.05, 3.63) is 29.8 Å². The zero-order chi connectivity index (χ0) is 11.3. The van der Waals surface area contributed by atoms with Crippen LogP contribution in [-0.4, -0.2) is 8.07 Å². The summed E-state index contributed by atoms with van der Waals surface area (Å²) in [7, 11) is -1.01. The molecule has 1 nitrogen and oxygen atoms in total. The number of anilines is 1. The van der Waals surface area contributed by atoms with Crippen molar-refractivity contribution in [2.45, 2.75) is 32.1 Å². The summed E-state index contributed by atoms with van der Waals surface area (Å²) in [6, 6.07) is 8.99. The van der Waals surface area contributed by atoms with Gasteiger partial charge in [-0.1, -0.05) is 43.8 Å². The van der Waals surface area contributed by atoms with E-state index in [1.165, 1.54) is 0 Å². The minimum Gasteiger partial charge on any atom is -0.398 e. The van der Waals surface area contributed by atoms with E-state index in [9.17, 15) is 0 Å². The molecule has 0 saturated carbocycles. The van der Waals surface area contributed by atoms with Gasteiger partial charge >= 0.3 is 0 Å². The Kier molecular flexibility index (Phi) is 3.99. The fourth-order valence-corrected chi connectivity index (χ4v) is 1.84. The lowest BCUT2D eigenvalue weighted by atomic mass is 10.1. The third kappa shape index (κ3) is 4.71. The van der Waals surface area contributed by atoms with Crippen LogP contribution in [0, 0.1) is 11.8 Å². The Morgan fingerprint density at radius 3 is 2.40 bits per heavy atom. The Balaban J connectivity index is 2.54. The van der Waals surface area contributed by atoms with Gasteiger partial charge in [-0.05, 0) is 11.6 Å². The quantitative estimate of drug-likeness (QED) is 0.460. The lowest BCUT2D eigenvalue weighted by Gasteiger charge is -2.09. The Labute approximate surface area is 93.7 Å². The number of para-hydroxylation sites is 1. The summed E-state index contributed by atoms with van der Waals surface area (Å²) in [6.45, 7) is 7.00. The highest BCUT2D eigenvalue weighted by atomic mass is 28.3. The Morgan fingerprint density at radius 1 is 1.13 bits per heavy atom. The van der Waals surface area contributed by atoms with E-state index in [-0.39, 0.29) is 0 Å². The molecule has 0 heterocycles. The lowest BCUT2D eigenvalue weighted by molar-refractivity contribution is 1.32. The summed E-state index contributed by atoms with van der Waals surface area (Å²) in [5.74, 6) is 6.46. The standard InChI is InChI=1S/C13H19NSi/c1-15(2,3)11-7-6-9-12-8-4-5-10-13(12)14/h4-5,8,10H,9,11,14H2,1-3H3. The molecule has 1 rings (SSSR count). The van der Waals surface area contributed by atoms with Crippen molar-refractivity contribution in [3.8, 4) is 11.8 Å². The maximum absolute atomic E-state index is 5.83. The van der Waals surface area contributed by atoms with E-state index in [0.717, 1.165) is 23.7 Å². The number of hydrogen-bond acceptors (Lipinski definition) is 1. The Morgan fingerprint density at radius 2 is 1.80 bits per heavy atom. The molecule has 0 aliphatic heterocycles. The predicted molar refractivity (Wildman–Crippen MR) is 70.5 cm³/mol. The van der Waals surface area contributed by atoms with E-state index >= 15 is 0 Å². The summed E-state index contributed by atoms with van der Waals surface area (Å²) in [5, 5.41) is 0. The summed E-state index contributed by atoms with van der Waals surface area (Å²) < 4.78 is 0. The summed E-state index contributed by atoms with van der Waals surface area (Å²) in [4.78, 5) is 0. The second-order valence-electron chi connectivity index (χ2n) is 4.97. The molecular formula is C13H19NSi. The van der Waals surface area contributed by atoms with Gasteiger partial charge in [-0.3, -0.25) is 0 Å². The minimum atomic E-state index is -1.01. The maximum Gasteiger partial charge on any atom is 0.0573 e. The highest BCUT2D eigenvalue weighted by Crippen LogP contribution is 2.11. The maximum atomic E-state index is 5.83. The lowest BCUT2D eigenvalue weighted by Crippen LogP contribution is -2.17. The summed E-state index contributed by atoms with van der Waals surface area (Å²) >= 11 is 0. The van der Waals surface area contributed by atoms with Crippen molar-refractivity contribution in [2.24, 2.45) is 0 Å². The molecule has 2 N–H and O–H groups in total. The van der Waals surface area contributed by atoms with Crippen LogP contribution in [0.2, 0.25) is 25.7 Å². The van der Waals surface area contributed by atoms with Gasteiger partial charge in [0.2, 0.25) is 0 Å². The molecule has 0 saturated heterocycles. The van der Waals surface area contributed by atoms with Gasteiger partial charge in [0.15, 0.2) is 0 Å². The predicted octanol–water partition coefficient (Wildman–Crippen LogP) is 3.15. The van der Waals surface area contributed by atoms with Gasteiger partial charge in [0.25, 0.3) is 0 Å². The normalized spacial score (nSPS) is 10.6. The molecular weight excluding hydrogens is 198 g/mol. The largest absolute Gasteiger partial charge is 0.398 e. The Bertz CT molecular complexity index is 380. The molecule has 0 bridgehead atoms. The van der Waals surface area contributed by atoms with Gasteiger partial charge in [-0.15, -0.1) is 5.92 Å².